The molecule has 2 aliphatic carbocycles. The number of ketones is 1. The molecule has 3 heteroatoms. The number of hydrogen-bond acceptors (Lipinski definition) is 3. The number of allylic oxidation sites excluding steroid dienone is 3. The number of nitrogens with one attached hydrogen (secondary N) is 2. The van der Waals surface area contributed by atoms with Gasteiger partial charge in [0.1, 0.15) is 0 Å². The van der Waals surface area contributed by atoms with E-state index in [9.17, 15) is 4.79 Å². The van der Waals surface area contributed by atoms with Gasteiger partial charge in [-0.05, 0) is 30.4 Å². The standard InChI is InChI=1S/C12H16N2O/c15-10-4-5-11-8(6-10)2-1-3-9-7-13-14-12(9)11/h4-5,8-9,13-14H,1-3,6-7H2. The van der Waals surface area contributed by atoms with Gasteiger partial charge in [0.05, 0.1) is 0 Å². The van der Waals surface area contributed by atoms with Crippen molar-refractivity contribution in [1.29, 1.82) is 0 Å². The van der Waals surface area contributed by atoms with E-state index in [1.54, 1.807) is 6.08 Å². The number of carbonyl (C=O) groups excluding carboxylic acids is 1. The number of hydrazine groups is 1. The molecule has 0 aromatic carbocycles. The Labute approximate surface area is 89.6 Å². The van der Waals surface area contributed by atoms with Gasteiger partial charge in [-0.1, -0.05) is 12.5 Å². The molecule has 0 amide bonds. The molecule has 15 heavy (non-hydrogen) atoms. The molecule has 1 heterocycles. The molecule has 0 radical (unpaired) electrons. The molecule has 3 rings (SSSR count). The first-order valence-electron chi connectivity index (χ1n) is 5.78. The second kappa shape index (κ2) is 3.49. The molecule has 1 saturated heterocycles. The van der Waals surface area contributed by atoms with Crippen molar-refractivity contribution < 1.29 is 4.79 Å². The molecule has 2 unspecified atom stereocenters. The van der Waals surface area contributed by atoms with Crippen molar-refractivity contribution in [2.45, 2.75) is 25.7 Å². The van der Waals surface area contributed by atoms with Gasteiger partial charge < -0.3 is 5.43 Å². The first kappa shape index (κ1) is 9.16. The summed E-state index contributed by atoms with van der Waals surface area (Å²) < 4.78 is 0. The lowest BCUT2D eigenvalue weighted by atomic mass is 9.85. The normalized spacial score (nSPS) is 34.5. The number of hydrogen-bond donors (Lipinski definition) is 2. The number of carbonyl (C=O) groups is 1. The van der Waals surface area contributed by atoms with Crippen molar-refractivity contribution in [3.8, 4) is 0 Å². The molecule has 0 saturated carbocycles. The van der Waals surface area contributed by atoms with Crippen LogP contribution in [0.5, 0.6) is 0 Å². The van der Waals surface area contributed by atoms with E-state index in [1.165, 1.54) is 30.5 Å². The highest BCUT2D eigenvalue weighted by molar-refractivity contribution is 5.92. The molecule has 0 aromatic heterocycles. The Kier molecular flexibility index (Phi) is 2.13. The lowest BCUT2D eigenvalue weighted by molar-refractivity contribution is -0.115. The first-order valence-corrected chi connectivity index (χ1v) is 5.78. The highest BCUT2D eigenvalue weighted by atomic mass is 16.1. The smallest absolute Gasteiger partial charge is 0.156 e. The van der Waals surface area contributed by atoms with Gasteiger partial charge in [0.25, 0.3) is 0 Å². The van der Waals surface area contributed by atoms with Gasteiger partial charge >= 0.3 is 0 Å². The van der Waals surface area contributed by atoms with Gasteiger partial charge in [0.2, 0.25) is 0 Å². The fourth-order valence-electron chi connectivity index (χ4n) is 2.95. The van der Waals surface area contributed by atoms with Gasteiger partial charge in [0, 0.05) is 24.6 Å². The third-order valence-corrected chi connectivity index (χ3v) is 3.73. The summed E-state index contributed by atoms with van der Waals surface area (Å²) >= 11 is 0. The minimum Gasteiger partial charge on any atom is -0.325 e. The van der Waals surface area contributed by atoms with E-state index in [0.717, 1.165) is 6.54 Å². The molecule has 3 nitrogen and oxygen atoms in total. The molecule has 80 valence electrons. The minimum absolute atomic E-state index is 0.286. The van der Waals surface area contributed by atoms with Crippen LogP contribution < -0.4 is 10.9 Å². The summed E-state index contributed by atoms with van der Waals surface area (Å²) in [5.74, 6) is 1.39. The highest BCUT2D eigenvalue weighted by Crippen LogP contribution is 2.37. The molecule has 1 fully saturated rings. The summed E-state index contributed by atoms with van der Waals surface area (Å²) in [6.07, 6.45) is 8.15. The van der Waals surface area contributed by atoms with Crippen LogP contribution in [-0.4, -0.2) is 12.3 Å². The molecule has 1 aliphatic heterocycles. The summed E-state index contributed by atoms with van der Waals surface area (Å²) in [6, 6.07) is 0. The van der Waals surface area contributed by atoms with E-state index in [2.05, 4.69) is 10.9 Å². The largest absolute Gasteiger partial charge is 0.325 e. The van der Waals surface area contributed by atoms with Crippen molar-refractivity contribution in [2.24, 2.45) is 11.8 Å². The third kappa shape index (κ3) is 1.51. The van der Waals surface area contributed by atoms with E-state index < -0.39 is 0 Å². The summed E-state index contributed by atoms with van der Waals surface area (Å²) in [4.78, 5) is 11.4. The van der Waals surface area contributed by atoms with E-state index >= 15 is 0 Å². The van der Waals surface area contributed by atoms with Gasteiger partial charge in [-0.3, -0.25) is 4.79 Å². The van der Waals surface area contributed by atoms with Gasteiger partial charge in [-0.2, -0.15) is 0 Å². The van der Waals surface area contributed by atoms with Crippen LogP contribution in [0.3, 0.4) is 0 Å². The quantitative estimate of drug-likeness (QED) is 0.625. The number of fused-ring (bicyclic) bond motifs is 2. The molecule has 0 aromatic rings. The van der Waals surface area contributed by atoms with Crippen LogP contribution in [0.2, 0.25) is 0 Å². The molecule has 2 N–H and O–H groups in total. The Balaban J connectivity index is 2.02. The predicted molar refractivity (Wildman–Crippen MR) is 57.8 cm³/mol. The van der Waals surface area contributed by atoms with Crippen LogP contribution in [0.4, 0.5) is 0 Å². The topological polar surface area (TPSA) is 41.1 Å². The average molecular weight is 204 g/mol. The minimum atomic E-state index is 0.286. The fraction of sp³-hybridized carbons (Fsp3) is 0.583. The van der Waals surface area contributed by atoms with Gasteiger partial charge in [0.15, 0.2) is 5.78 Å². The van der Waals surface area contributed by atoms with Gasteiger partial charge in [-0.15, -0.1) is 0 Å². The van der Waals surface area contributed by atoms with Crippen molar-refractivity contribution in [2.75, 3.05) is 6.54 Å². The van der Waals surface area contributed by atoms with E-state index in [-0.39, 0.29) is 5.78 Å². The Bertz CT molecular complexity index is 357. The van der Waals surface area contributed by atoms with Gasteiger partial charge in [-0.25, -0.2) is 5.43 Å². The Morgan fingerprint density at radius 3 is 3.00 bits per heavy atom. The average Bonchev–Trinajstić information content (AvgIpc) is 2.61. The molecule has 3 aliphatic rings. The Morgan fingerprint density at radius 2 is 2.07 bits per heavy atom. The monoisotopic (exact) mass is 204 g/mol. The molecular formula is C12H16N2O. The van der Waals surface area contributed by atoms with Crippen molar-refractivity contribution in [3.63, 3.8) is 0 Å². The van der Waals surface area contributed by atoms with Crippen molar-refractivity contribution in [3.05, 3.63) is 23.4 Å². The second-order valence-corrected chi connectivity index (χ2v) is 4.70. The lowest BCUT2D eigenvalue weighted by Crippen LogP contribution is -2.23. The van der Waals surface area contributed by atoms with E-state index in [0.29, 0.717) is 18.3 Å². The molecule has 0 spiro atoms. The SMILES string of the molecule is O=C1C=CC2=C3NNCC3CCCC2C1. The fourth-order valence-corrected chi connectivity index (χ4v) is 2.95. The maximum absolute atomic E-state index is 11.4. The van der Waals surface area contributed by atoms with Crippen LogP contribution in [0.15, 0.2) is 23.4 Å². The van der Waals surface area contributed by atoms with Crippen LogP contribution >= 0.6 is 0 Å². The summed E-state index contributed by atoms with van der Waals surface area (Å²) in [6.45, 7) is 1.04. The highest BCUT2D eigenvalue weighted by Gasteiger charge is 2.31. The zero-order valence-electron chi connectivity index (χ0n) is 8.75. The first-order chi connectivity index (χ1) is 7.34. The third-order valence-electron chi connectivity index (χ3n) is 3.73. The van der Waals surface area contributed by atoms with Crippen LogP contribution in [0, 0.1) is 11.8 Å². The molecule has 2 atom stereocenters. The summed E-state index contributed by atoms with van der Waals surface area (Å²) in [5.41, 5.74) is 9.21. The van der Waals surface area contributed by atoms with Crippen LogP contribution in [0.25, 0.3) is 0 Å². The zero-order chi connectivity index (χ0) is 10.3. The van der Waals surface area contributed by atoms with E-state index in [4.69, 9.17) is 0 Å². The van der Waals surface area contributed by atoms with Crippen LogP contribution in [-0.2, 0) is 4.79 Å². The second-order valence-electron chi connectivity index (χ2n) is 4.70. The zero-order valence-corrected chi connectivity index (χ0v) is 8.75. The van der Waals surface area contributed by atoms with Crippen molar-refractivity contribution in [1.82, 2.24) is 10.9 Å². The van der Waals surface area contributed by atoms with E-state index in [1.807, 2.05) is 6.08 Å². The Morgan fingerprint density at radius 1 is 1.20 bits per heavy atom. The molecular weight excluding hydrogens is 188 g/mol. The predicted octanol–water partition coefficient (Wildman–Crippen LogP) is 1.29. The Hall–Kier alpha value is -1.09. The maximum atomic E-state index is 11.4. The maximum Gasteiger partial charge on any atom is 0.156 e. The van der Waals surface area contributed by atoms with Crippen LogP contribution in [0.1, 0.15) is 25.7 Å². The lowest BCUT2D eigenvalue weighted by Gasteiger charge is -2.20. The molecule has 0 bridgehead atoms. The number of rotatable bonds is 0. The van der Waals surface area contributed by atoms with Crippen molar-refractivity contribution >= 4 is 5.78 Å². The summed E-state index contributed by atoms with van der Waals surface area (Å²) in [5, 5.41) is 0. The summed E-state index contributed by atoms with van der Waals surface area (Å²) in [7, 11) is 0.